The van der Waals surface area contributed by atoms with Crippen molar-refractivity contribution in [3.63, 3.8) is 0 Å². The van der Waals surface area contributed by atoms with E-state index in [1.165, 1.54) is 11.1 Å². The minimum atomic E-state index is -0.0701. The lowest BCUT2D eigenvalue weighted by molar-refractivity contribution is -0.120. The van der Waals surface area contributed by atoms with E-state index in [2.05, 4.69) is 34.4 Å². The van der Waals surface area contributed by atoms with E-state index in [9.17, 15) is 4.79 Å². The number of para-hydroxylation sites is 1. The van der Waals surface area contributed by atoms with Gasteiger partial charge in [0.1, 0.15) is 6.26 Å². The summed E-state index contributed by atoms with van der Waals surface area (Å²) in [5.41, 5.74) is 4.27. The maximum atomic E-state index is 13.2. The molecule has 0 radical (unpaired) electrons. The Morgan fingerprint density at radius 2 is 2.00 bits per heavy atom. The van der Waals surface area contributed by atoms with Gasteiger partial charge in [0.05, 0.1) is 23.8 Å². The molecule has 1 spiro atoms. The number of hydrogen-bond acceptors (Lipinski definition) is 4. The number of aromatic nitrogens is 2. The average Bonchev–Trinajstić information content (AvgIpc) is 3.36. The molecule has 5 rings (SSSR count). The van der Waals surface area contributed by atoms with Crippen LogP contribution >= 0.6 is 0 Å². The van der Waals surface area contributed by atoms with Gasteiger partial charge >= 0.3 is 0 Å². The summed E-state index contributed by atoms with van der Waals surface area (Å²) in [5, 5.41) is 4.27. The Labute approximate surface area is 164 Å². The Morgan fingerprint density at radius 1 is 1.18 bits per heavy atom. The Morgan fingerprint density at radius 3 is 2.71 bits per heavy atom. The predicted molar refractivity (Wildman–Crippen MR) is 106 cm³/mol. The van der Waals surface area contributed by atoms with Gasteiger partial charge in [-0.2, -0.15) is 5.10 Å². The molecule has 4 heterocycles. The second kappa shape index (κ2) is 6.63. The Kier molecular flexibility index (Phi) is 4.09. The summed E-state index contributed by atoms with van der Waals surface area (Å²) in [5.74, 6) is 0.154. The van der Waals surface area contributed by atoms with E-state index in [4.69, 9.17) is 4.42 Å². The zero-order valence-corrected chi connectivity index (χ0v) is 16.0. The number of piperidine rings is 1. The molecule has 0 atom stereocenters. The molecule has 144 valence electrons. The van der Waals surface area contributed by atoms with Crippen molar-refractivity contribution >= 4 is 17.3 Å². The monoisotopic (exact) mass is 376 g/mol. The molecule has 6 nitrogen and oxygen atoms in total. The topological polar surface area (TPSA) is 54.5 Å². The van der Waals surface area contributed by atoms with Gasteiger partial charge in [-0.15, -0.1) is 0 Å². The number of aryl methyl sites for hydroxylation is 1. The summed E-state index contributed by atoms with van der Waals surface area (Å²) >= 11 is 0. The molecular weight excluding hydrogens is 352 g/mol. The number of likely N-dealkylation sites (tertiary alicyclic amines) is 1. The number of anilines is 2. The molecule has 0 unspecified atom stereocenters. The van der Waals surface area contributed by atoms with Gasteiger partial charge in [-0.25, -0.2) is 0 Å². The minimum absolute atomic E-state index is 0.0701. The number of nitrogens with zero attached hydrogens (tertiary/aromatic N) is 4. The van der Waals surface area contributed by atoms with Crippen LogP contribution in [0.25, 0.3) is 0 Å². The fourth-order valence-corrected chi connectivity index (χ4v) is 4.78. The van der Waals surface area contributed by atoms with Crippen molar-refractivity contribution in [3.8, 4) is 0 Å². The number of furan rings is 1. The van der Waals surface area contributed by atoms with Crippen molar-refractivity contribution < 1.29 is 9.21 Å². The fraction of sp³-hybridized carbons (Fsp3) is 0.364. The van der Waals surface area contributed by atoms with Gasteiger partial charge in [-0.3, -0.25) is 19.3 Å². The molecular formula is C22H24N4O2. The van der Waals surface area contributed by atoms with E-state index in [0.29, 0.717) is 6.42 Å². The lowest BCUT2D eigenvalue weighted by Gasteiger charge is -2.47. The molecule has 1 amide bonds. The highest BCUT2D eigenvalue weighted by Gasteiger charge is 2.45. The van der Waals surface area contributed by atoms with Gasteiger partial charge in [0.15, 0.2) is 0 Å². The van der Waals surface area contributed by atoms with Gasteiger partial charge in [-0.05, 0) is 37.6 Å². The van der Waals surface area contributed by atoms with Crippen molar-refractivity contribution in [2.45, 2.75) is 31.2 Å². The van der Waals surface area contributed by atoms with Crippen molar-refractivity contribution in [2.24, 2.45) is 7.05 Å². The van der Waals surface area contributed by atoms with Crippen LogP contribution in [0.3, 0.4) is 0 Å². The van der Waals surface area contributed by atoms with E-state index in [0.717, 1.165) is 43.9 Å². The molecule has 2 aliphatic rings. The van der Waals surface area contributed by atoms with Crippen LogP contribution < -0.4 is 4.90 Å². The zero-order chi connectivity index (χ0) is 19.1. The van der Waals surface area contributed by atoms with E-state index >= 15 is 0 Å². The molecule has 2 aromatic heterocycles. The number of carbonyl (C=O) groups is 1. The van der Waals surface area contributed by atoms with Crippen molar-refractivity contribution in [3.05, 3.63) is 66.4 Å². The molecule has 0 N–H and O–H groups in total. The third kappa shape index (κ3) is 2.85. The molecule has 0 bridgehead atoms. The van der Waals surface area contributed by atoms with Crippen molar-refractivity contribution in [1.82, 2.24) is 14.7 Å². The van der Waals surface area contributed by atoms with E-state index in [-0.39, 0.29) is 11.3 Å². The Balaban J connectivity index is 1.41. The van der Waals surface area contributed by atoms with Crippen molar-refractivity contribution in [1.29, 1.82) is 0 Å². The lowest BCUT2D eigenvalue weighted by atomic mass is 9.67. The van der Waals surface area contributed by atoms with Gasteiger partial charge in [0.25, 0.3) is 0 Å². The second-order valence-electron chi connectivity index (χ2n) is 7.98. The molecule has 1 aromatic carbocycles. The predicted octanol–water partition coefficient (Wildman–Crippen LogP) is 3.62. The van der Waals surface area contributed by atoms with Crippen molar-refractivity contribution in [2.75, 3.05) is 18.0 Å². The second-order valence-corrected chi connectivity index (χ2v) is 7.98. The maximum Gasteiger partial charge on any atom is 0.232 e. The van der Waals surface area contributed by atoms with Crippen LogP contribution in [0.2, 0.25) is 0 Å². The van der Waals surface area contributed by atoms with Gasteiger partial charge in [0, 0.05) is 43.3 Å². The maximum absolute atomic E-state index is 13.2. The zero-order valence-electron chi connectivity index (χ0n) is 16.0. The first kappa shape index (κ1) is 17.3. The van der Waals surface area contributed by atoms with E-state index in [1.54, 1.807) is 12.5 Å². The third-order valence-electron chi connectivity index (χ3n) is 6.20. The van der Waals surface area contributed by atoms with Crippen LogP contribution in [0.5, 0.6) is 0 Å². The first-order valence-electron chi connectivity index (χ1n) is 9.79. The number of carbonyl (C=O) groups excluding carboxylic acids is 1. The van der Waals surface area contributed by atoms with Crippen LogP contribution in [0.4, 0.5) is 11.4 Å². The molecule has 0 aliphatic carbocycles. The summed E-state index contributed by atoms with van der Waals surface area (Å²) < 4.78 is 7.08. The Hall–Kier alpha value is -2.86. The molecule has 0 saturated carbocycles. The van der Waals surface area contributed by atoms with Crippen LogP contribution in [-0.4, -0.2) is 33.7 Å². The van der Waals surface area contributed by atoms with Crippen LogP contribution in [-0.2, 0) is 23.8 Å². The standard InChI is InChI=1S/C22H24N4O2/c1-24-14-17(13-23-24)15-25-9-7-22(8-10-25)12-21(27)26(18-6-11-28-16-18)20-5-3-2-4-19(20)22/h2-6,11,13-14,16H,7-10,12,15H2,1H3. The van der Waals surface area contributed by atoms with Crippen LogP contribution in [0, 0.1) is 0 Å². The fourth-order valence-electron chi connectivity index (χ4n) is 4.78. The summed E-state index contributed by atoms with van der Waals surface area (Å²) in [7, 11) is 1.95. The lowest BCUT2D eigenvalue weighted by Crippen LogP contribution is -2.48. The average molecular weight is 376 g/mol. The molecule has 3 aromatic rings. The van der Waals surface area contributed by atoms with E-state index in [1.807, 2.05) is 35.0 Å². The van der Waals surface area contributed by atoms with Crippen LogP contribution in [0.1, 0.15) is 30.4 Å². The quantitative estimate of drug-likeness (QED) is 0.701. The summed E-state index contributed by atoms with van der Waals surface area (Å²) in [4.78, 5) is 17.4. The smallest absolute Gasteiger partial charge is 0.232 e. The number of benzene rings is 1. The number of amides is 1. The SMILES string of the molecule is Cn1cc(CN2CCC3(CC2)CC(=O)N(c2ccoc2)c2ccccc23)cn1. The number of hydrogen-bond donors (Lipinski definition) is 0. The summed E-state index contributed by atoms with van der Waals surface area (Å²) in [6.45, 7) is 2.89. The van der Waals surface area contributed by atoms with Crippen LogP contribution in [0.15, 0.2) is 59.7 Å². The number of fused-ring (bicyclic) bond motifs is 2. The first-order chi connectivity index (χ1) is 13.6. The summed E-state index contributed by atoms with van der Waals surface area (Å²) in [6, 6.07) is 10.2. The highest BCUT2D eigenvalue weighted by molar-refractivity contribution is 6.04. The summed E-state index contributed by atoms with van der Waals surface area (Å²) in [6.07, 6.45) is 9.81. The van der Waals surface area contributed by atoms with Gasteiger partial charge < -0.3 is 4.42 Å². The normalized spacial score (nSPS) is 19.2. The number of rotatable bonds is 3. The largest absolute Gasteiger partial charge is 0.470 e. The minimum Gasteiger partial charge on any atom is -0.470 e. The first-order valence-corrected chi connectivity index (χ1v) is 9.79. The molecule has 2 aliphatic heterocycles. The highest BCUT2D eigenvalue weighted by Crippen LogP contribution is 2.49. The molecule has 1 fully saturated rings. The third-order valence-corrected chi connectivity index (χ3v) is 6.20. The molecule has 1 saturated heterocycles. The van der Waals surface area contributed by atoms with Gasteiger partial charge in [0.2, 0.25) is 5.91 Å². The Bertz CT molecular complexity index is 984. The van der Waals surface area contributed by atoms with Gasteiger partial charge in [-0.1, -0.05) is 18.2 Å². The molecule has 28 heavy (non-hydrogen) atoms. The highest BCUT2D eigenvalue weighted by atomic mass is 16.3. The molecule has 6 heteroatoms. The van der Waals surface area contributed by atoms with E-state index < -0.39 is 0 Å².